The SMILES string of the molecule is C=C(N)NCCCCC(=O)Nc1cc(Br)cc(NC(=O)c2cc(C(=O)Nc3cc(Br)cc(NC(=O)CCCCN=C(N)N)c3SCCO)ncn2)c1SCCO. The van der Waals surface area contributed by atoms with Gasteiger partial charge in [-0.1, -0.05) is 38.4 Å². The van der Waals surface area contributed by atoms with Crippen LogP contribution in [0, 0.1) is 0 Å². The maximum Gasteiger partial charge on any atom is 0.274 e. The summed E-state index contributed by atoms with van der Waals surface area (Å²) < 4.78 is 1.12. The average molecular weight is 940 g/mol. The van der Waals surface area contributed by atoms with Crippen molar-refractivity contribution < 1.29 is 29.4 Å². The number of nitrogens with one attached hydrogen (secondary N) is 5. The highest BCUT2D eigenvalue weighted by Gasteiger charge is 2.21. The molecular formula is C35H45Br2N11O6S2. The van der Waals surface area contributed by atoms with Crippen molar-refractivity contribution in [3.8, 4) is 0 Å². The maximum atomic E-state index is 13.6. The lowest BCUT2D eigenvalue weighted by Crippen LogP contribution is -2.23. The number of hydrogen-bond acceptors (Lipinski definition) is 13. The third kappa shape index (κ3) is 16.0. The number of nitrogens with zero attached hydrogens (tertiary/aromatic N) is 3. The standard InChI is InChI=1S/C35H45Br2N11O6S2/c1-20(38)41-8-4-2-6-29(51)45-23-14-21(36)16-25(31(23)55-12-10-49)47-33(53)27-18-28(44-19-43-27)34(54)48-26-17-22(37)15-24(32(26)56-13-11-50)46-30(52)7-3-5-9-42-35(39)40/h14-19,41,49-50H,1-13,38H2,(H,45,51)(H,46,52)(H,47,53)(H,48,54)(H4,39,40,42). The van der Waals surface area contributed by atoms with Crippen LogP contribution in [0.15, 0.2) is 72.8 Å². The molecule has 4 amide bonds. The molecule has 1 aromatic heterocycles. The van der Waals surface area contributed by atoms with E-state index in [1.807, 2.05) is 0 Å². The van der Waals surface area contributed by atoms with E-state index in [1.165, 1.54) is 29.6 Å². The number of hydrogen-bond donors (Lipinski definition) is 10. The maximum absolute atomic E-state index is 13.6. The van der Waals surface area contributed by atoms with E-state index < -0.39 is 11.8 Å². The molecular weight excluding hydrogens is 894 g/mol. The van der Waals surface area contributed by atoms with Crippen molar-refractivity contribution in [3.63, 3.8) is 0 Å². The van der Waals surface area contributed by atoms with Gasteiger partial charge in [0.25, 0.3) is 11.8 Å². The van der Waals surface area contributed by atoms with Crippen molar-refractivity contribution in [3.05, 3.63) is 69.4 Å². The Kier molecular flexibility index (Phi) is 19.9. The number of nitrogens with two attached hydrogens (primary N) is 3. The molecule has 0 fully saturated rings. The summed E-state index contributed by atoms with van der Waals surface area (Å²) >= 11 is 9.34. The van der Waals surface area contributed by atoms with Crippen LogP contribution in [0.5, 0.6) is 0 Å². The summed E-state index contributed by atoms with van der Waals surface area (Å²) in [5.41, 5.74) is 17.4. The van der Waals surface area contributed by atoms with E-state index in [1.54, 1.807) is 24.3 Å². The van der Waals surface area contributed by atoms with E-state index in [0.29, 0.717) is 86.1 Å². The molecule has 17 nitrogen and oxygen atoms in total. The van der Waals surface area contributed by atoms with Crippen LogP contribution in [-0.4, -0.2) is 87.6 Å². The summed E-state index contributed by atoms with van der Waals surface area (Å²) in [6.45, 7) is 4.25. The van der Waals surface area contributed by atoms with Gasteiger partial charge in [-0.3, -0.25) is 24.2 Å². The Morgan fingerprint density at radius 3 is 1.57 bits per heavy atom. The zero-order valence-corrected chi connectivity index (χ0v) is 35.1. The lowest BCUT2D eigenvalue weighted by Gasteiger charge is -2.17. The van der Waals surface area contributed by atoms with Crippen LogP contribution in [-0.2, 0) is 9.59 Å². The fourth-order valence-electron chi connectivity index (χ4n) is 4.83. The quantitative estimate of drug-likeness (QED) is 0.0276. The van der Waals surface area contributed by atoms with Gasteiger partial charge in [-0.2, -0.15) is 0 Å². The molecule has 0 saturated heterocycles. The first-order valence-electron chi connectivity index (χ1n) is 17.2. The summed E-state index contributed by atoms with van der Waals surface area (Å²) in [5.74, 6) is -0.945. The zero-order chi connectivity index (χ0) is 41.0. The Hall–Kier alpha value is -4.41. The molecule has 2 aromatic carbocycles. The number of halogens is 2. The van der Waals surface area contributed by atoms with Gasteiger partial charge in [0, 0.05) is 52.4 Å². The summed E-state index contributed by atoms with van der Waals surface area (Å²) in [7, 11) is 0. The molecule has 3 aromatic rings. The van der Waals surface area contributed by atoms with E-state index in [9.17, 15) is 29.4 Å². The Bertz CT molecular complexity index is 1900. The number of thioether (sulfide) groups is 2. The van der Waals surface area contributed by atoms with Gasteiger partial charge in [-0.15, -0.1) is 23.5 Å². The Morgan fingerprint density at radius 1 is 0.696 bits per heavy atom. The molecule has 0 radical (unpaired) electrons. The highest BCUT2D eigenvalue weighted by molar-refractivity contribution is 9.10. The third-order valence-electron chi connectivity index (χ3n) is 7.25. The first-order chi connectivity index (χ1) is 26.8. The van der Waals surface area contributed by atoms with Gasteiger partial charge in [0.1, 0.15) is 17.7 Å². The number of aliphatic imine (C=N–C) groups is 1. The van der Waals surface area contributed by atoms with E-state index in [0.717, 1.165) is 6.33 Å². The van der Waals surface area contributed by atoms with Crippen LogP contribution in [0.4, 0.5) is 22.7 Å². The van der Waals surface area contributed by atoms with Crippen LogP contribution in [0.2, 0.25) is 0 Å². The summed E-state index contributed by atoms with van der Waals surface area (Å²) in [6, 6.07) is 7.90. The minimum atomic E-state index is -0.669. The van der Waals surface area contributed by atoms with E-state index in [2.05, 4.69) is 80.0 Å². The number of aliphatic hydroxyl groups is 2. The number of anilines is 4. The smallest absolute Gasteiger partial charge is 0.274 e. The predicted octanol–water partition coefficient (Wildman–Crippen LogP) is 4.19. The number of carbonyl (C=O) groups excluding carboxylic acids is 4. The highest BCUT2D eigenvalue weighted by Crippen LogP contribution is 2.39. The largest absolute Gasteiger partial charge is 0.396 e. The van der Waals surface area contributed by atoms with Gasteiger partial charge < -0.3 is 54.0 Å². The second kappa shape index (κ2) is 24.3. The molecule has 0 aliphatic carbocycles. The van der Waals surface area contributed by atoms with Crippen molar-refractivity contribution in [1.82, 2.24) is 15.3 Å². The average Bonchev–Trinajstić information content (AvgIpc) is 3.13. The van der Waals surface area contributed by atoms with Gasteiger partial charge >= 0.3 is 0 Å². The molecule has 3 rings (SSSR count). The zero-order valence-electron chi connectivity index (χ0n) is 30.3. The van der Waals surface area contributed by atoms with Crippen LogP contribution in [0.3, 0.4) is 0 Å². The molecule has 0 unspecified atom stereocenters. The normalized spacial score (nSPS) is 10.6. The summed E-state index contributed by atoms with van der Waals surface area (Å²) in [4.78, 5) is 65.9. The van der Waals surface area contributed by atoms with Crippen molar-refractivity contribution in [2.45, 2.75) is 48.3 Å². The molecule has 0 spiro atoms. The molecule has 0 saturated carbocycles. The predicted molar refractivity (Wildman–Crippen MR) is 229 cm³/mol. The van der Waals surface area contributed by atoms with Gasteiger partial charge in [0.2, 0.25) is 11.8 Å². The molecule has 56 heavy (non-hydrogen) atoms. The van der Waals surface area contributed by atoms with Crippen molar-refractivity contribution in [1.29, 1.82) is 0 Å². The van der Waals surface area contributed by atoms with Crippen molar-refractivity contribution in [2.75, 3.05) is 59.1 Å². The van der Waals surface area contributed by atoms with Crippen molar-refractivity contribution >= 4 is 108 Å². The summed E-state index contributed by atoms with van der Waals surface area (Å²) in [6.07, 6.45) is 3.96. The molecule has 13 N–H and O–H groups in total. The molecule has 302 valence electrons. The third-order valence-corrected chi connectivity index (χ3v) is 10.4. The number of unbranched alkanes of at least 4 members (excludes halogenated alkanes) is 2. The van der Waals surface area contributed by atoms with E-state index in [4.69, 9.17) is 17.2 Å². The first-order valence-corrected chi connectivity index (χ1v) is 20.8. The number of guanidine groups is 1. The number of carbonyl (C=O) groups is 4. The van der Waals surface area contributed by atoms with Gasteiger partial charge in [0.15, 0.2) is 5.96 Å². The van der Waals surface area contributed by atoms with Crippen LogP contribution < -0.4 is 43.8 Å². The second-order valence-corrected chi connectivity index (χ2v) is 15.8. The molecule has 0 bridgehead atoms. The fraction of sp³-hybridized carbons (Fsp3) is 0.343. The van der Waals surface area contributed by atoms with Crippen LogP contribution in [0.1, 0.15) is 59.5 Å². The Balaban J connectivity index is 1.79. The van der Waals surface area contributed by atoms with Gasteiger partial charge in [0.05, 0.1) is 51.6 Å². The van der Waals surface area contributed by atoms with Crippen molar-refractivity contribution in [2.24, 2.45) is 22.2 Å². The monoisotopic (exact) mass is 937 g/mol. The highest BCUT2D eigenvalue weighted by atomic mass is 79.9. The number of rotatable bonds is 23. The summed E-state index contributed by atoms with van der Waals surface area (Å²) in [5, 5.41) is 33.4. The minimum Gasteiger partial charge on any atom is -0.396 e. The second-order valence-electron chi connectivity index (χ2n) is 11.8. The minimum absolute atomic E-state index is 0.0154. The number of amides is 4. The molecule has 21 heteroatoms. The topological polar surface area (TPSA) is 285 Å². The fourth-order valence-corrected chi connectivity index (χ4v) is 7.40. The Morgan fingerprint density at radius 2 is 1.14 bits per heavy atom. The molecule has 0 atom stereocenters. The first kappa shape index (κ1) is 46.0. The number of aliphatic hydroxyl groups excluding tert-OH is 2. The molecule has 1 heterocycles. The number of aromatic nitrogens is 2. The molecule has 0 aliphatic rings. The van der Waals surface area contributed by atoms with Crippen LogP contribution in [0.25, 0.3) is 0 Å². The molecule has 0 aliphatic heterocycles. The van der Waals surface area contributed by atoms with Gasteiger partial charge in [-0.25, -0.2) is 9.97 Å². The van der Waals surface area contributed by atoms with Gasteiger partial charge in [-0.05, 0) is 49.9 Å². The Labute approximate surface area is 349 Å². The lowest BCUT2D eigenvalue weighted by atomic mass is 10.2. The van der Waals surface area contributed by atoms with E-state index >= 15 is 0 Å². The number of benzene rings is 2. The van der Waals surface area contributed by atoms with Crippen LogP contribution >= 0.6 is 55.4 Å². The lowest BCUT2D eigenvalue weighted by molar-refractivity contribution is -0.117. The van der Waals surface area contributed by atoms with E-state index in [-0.39, 0.29) is 66.7 Å².